The van der Waals surface area contributed by atoms with Gasteiger partial charge < -0.3 is 10.3 Å². The highest BCUT2D eigenvalue weighted by molar-refractivity contribution is 6.33. The predicted molar refractivity (Wildman–Crippen MR) is 93.9 cm³/mol. The number of aryl methyl sites for hydroxylation is 1. The van der Waals surface area contributed by atoms with Gasteiger partial charge in [0.15, 0.2) is 0 Å². The van der Waals surface area contributed by atoms with Gasteiger partial charge in [0.25, 0.3) is 0 Å². The van der Waals surface area contributed by atoms with Crippen molar-refractivity contribution in [1.29, 1.82) is 0 Å². The molecule has 1 aromatic heterocycles. The highest BCUT2D eigenvalue weighted by atomic mass is 35.5. The fourth-order valence-electron chi connectivity index (χ4n) is 3.39. The number of para-hydroxylation sites is 2. The second-order valence-corrected chi connectivity index (χ2v) is 6.44. The lowest BCUT2D eigenvalue weighted by atomic mass is 9.86. The molecule has 0 saturated carbocycles. The minimum absolute atomic E-state index is 0.0158. The van der Waals surface area contributed by atoms with Crippen LogP contribution in [-0.4, -0.2) is 10.9 Å². The summed E-state index contributed by atoms with van der Waals surface area (Å²) in [5.41, 5.74) is 4.40. The van der Waals surface area contributed by atoms with Crippen LogP contribution in [0.25, 0.3) is 10.9 Å². The van der Waals surface area contributed by atoms with Gasteiger partial charge in [-0.2, -0.15) is 0 Å². The Morgan fingerprint density at radius 1 is 1.13 bits per heavy atom. The van der Waals surface area contributed by atoms with Crippen LogP contribution in [0.3, 0.4) is 0 Å². The van der Waals surface area contributed by atoms with Gasteiger partial charge in [0.1, 0.15) is 0 Å². The van der Waals surface area contributed by atoms with Crippen LogP contribution < -0.4 is 5.32 Å². The maximum Gasteiger partial charge on any atom is 0.227 e. The van der Waals surface area contributed by atoms with Crippen LogP contribution in [-0.2, 0) is 17.6 Å². The molecule has 0 spiro atoms. The Morgan fingerprint density at radius 2 is 1.91 bits per heavy atom. The third kappa shape index (κ3) is 2.62. The normalized spacial score (nSPS) is 17.0. The van der Waals surface area contributed by atoms with Crippen molar-refractivity contribution in [2.45, 2.75) is 19.3 Å². The zero-order valence-corrected chi connectivity index (χ0v) is 13.4. The van der Waals surface area contributed by atoms with Gasteiger partial charge in [0.05, 0.1) is 10.7 Å². The topological polar surface area (TPSA) is 44.9 Å². The van der Waals surface area contributed by atoms with Crippen molar-refractivity contribution < 1.29 is 4.79 Å². The molecule has 23 heavy (non-hydrogen) atoms. The largest absolute Gasteiger partial charge is 0.358 e. The van der Waals surface area contributed by atoms with Crippen LogP contribution in [0.1, 0.15) is 17.7 Å². The molecule has 1 atom stereocenters. The summed E-state index contributed by atoms with van der Waals surface area (Å²) in [6, 6.07) is 15.6. The standard InChI is InChI=1S/C19H17ClN2O/c20-15-6-2-4-8-18(15)22-19(23)12-9-10-17-14(11-12)13-5-1-3-7-16(13)21-17/h1-8,12,21H,9-11H2,(H,22,23). The van der Waals surface area contributed by atoms with Gasteiger partial charge in [-0.15, -0.1) is 0 Å². The number of aromatic amines is 1. The first kappa shape index (κ1) is 14.3. The van der Waals surface area contributed by atoms with E-state index in [1.165, 1.54) is 16.6 Å². The molecule has 2 aromatic carbocycles. The monoisotopic (exact) mass is 324 g/mol. The lowest BCUT2D eigenvalue weighted by Crippen LogP contribution is -2.28. The van der Waals surface area contributed by atoms with Gasteiger partial charge in [0, 0.05) is 22.5 Å². The van der Waals surface area contributed by atoms with Gasteiger partial charge in [-0.3, -0.25) is 4.79 Å². The third-order valence-electron chi connectivity index (χ3n) is 4.60. The minimum atomic E-state index is -0.0158. The van der Waals surface area contributed by atoms with Crippen molar-refractivity contribution >= 4 is 34.1 Å². The van der Waals surface area contributed by atoms with E-state index in [0.29, 0.717) is 10.7 Å². The van der Waals surface area contributed by atoms with Crippen LogP contribution in [0, 0.1) is 5.92 Å². The lowest BCUT2D eigenvalue weighted by Gasteiger charge is -2.22. The van der Waals surface area contributed by atoms with Crippen molar-refractivity contribution in [3.05, 3.63) is 64.8 Å². The molecular weight excluding hydrogens is 308 g/mol. The van der Waals surface area contributed by atoms with E-state index in [-0.39, 0.29) is 11.8 Å². The average Bonchev–Trinajstić information content (AvgIpc) is 2.94. The first-order chi connectivity index (χ1) is 11.2. The number of halogens is 1. The molecule has 4 rings (SSSR count). The summed E-state index contributed by atoms with van der Waals surface area (Å²) in [4.78, 5) is 16.1. The number of rotatable bonds is 2. The number of benzene rings is 2. The van der Waals surface area contributed by atoms with Gasteiger partial charge in [-0.1, -0.05) is 41.9 Å². The molecule has 1 amide bonds. The lowest BCUT2D eigenvalue weighted by molar-refractivity contribution is -0.120. The number of carbonyl (C=O) groups excluding carboxylic acids is 1. The fraction of sp³-hybridized carbons (Fsp3) is 0.211. The quantitative estimate of drug-likeness (QED) is 0.713. The van der Waals surface area contributed by atoms with Crippen molar-refractivity contribution in [2.24, 2.45) is 5.92 Å². The number of amides is 1. The molecule has 3 aromatic rings. The third-order valence-corrected chi connectivity index (χ3v) is 4.93. The van der Waals surface area contributed by atoms with Crippen molar-refractivity contribution in [3.63, 3.8) is 0 Å². The number of fused-ring (bicyclic) bond motifs is 3. The van der Waals surface area contributed by atoms with Gasteiger partial charge in [-0.05, 0) is 43.0 Å². The Kier molecular flexibility index (Phi) is 3.58. The number of nitrogens with one attached hydrogen (secondary N) is 2. The molecule has 0 bridgehead atoms. The van der Waals surface area contributed by atoms with E-state index >= 15 is 0 Å². The molecule has 1 unspecified atom stereocenters. The van der Waals surface area contributed by atoms with Crippen LogP contribution in [0.15, 0.2) is 48.5 Å². The van der Waals surface area contributed by atoms with E-state index in [1.807, 2.05) is 30.3 Å². The number of hydrogen-bond donors (Lipinski definition) is 2. The summed E-state index contributed by atoms with van der Waals surface area (Å²) < 4.78 is 0. The number of H-pyrrole nitrogens is 1. The van der Waals surface area contributed by atoms with E-state index in [0.717, 1.165) is 24.8 Å². The molecule has 3 nitrogen and oxygen atoms in total. The molecule has 0 aliphatic heterocycles. The fourth-order valence-corrected chi connectivity index (χ4v) is 3.57. The van der Waals surface area contributed by atoms with Gasteiger partial charge >= 0.3 is 0 Å². The van der Waals surface area contributed by atoms with Crippen LogP contribution in [0.4, 0.5) is 5.69 Å². The van der Waals surface area contributed by atoms with E-state index in [9.17, 15) is 4.79 Å². The summed E-state index contributed by atoms with van der Waals surface area (Å²) in [5.74, 6) is 0.0343. The maximum absolute atomic E-state index is 12.6. The van der Waals surface area contributed by atoms with Gasteiger partial charge in [0.2, 0.25) is 5.91 Å². The second-order valence-electron chi connectivity index (χ2n) is 6.04. The Labute approximate surface area is 139 Å². The summed E-state index contributed by atoms with van der Waals surface area (Å²) in [7, 11) is 0. The average molecular weight is 325 g/mol. The molecular formula is C19H17ClN2O. The van der Waals surface area contributed by atoms with Crippen LogP contribution in [0.2, 0.25) is 5.02 Å². The molecule has 4 heteroatoms. The molecule has 0 fully saturated rings. The van der Waals surface area contributed by atoms with Crippen molar-refractivity contribution in [1.82, 2.24) is 4.98 Å². The summed E-state index contributed by atoms with van der Waals surface area (Å²) in [5, 5.41) is 4.78. The number of aromatic nitrogens is 1. The number of anilines is 1. The summed E-state index contributed by atoms with van der Waals surface area (Å²) >= 11 is 6.13. The molecule has 1 aliphatic rings. The molecule has 0 radical (unpaired) electrons. The smallest absolute Gasteiger partial charge is 0.227 e. The molecule has 0 saturated heterocycles. The predicted octanol–water partition coefficient (Wildman–Crippen LogP) is 4.56. The van der Waals surface area contributed by atoms with Gasteiger partial charge in [-0.25, -0.2) is 0 Å². The highest BCUT2D eigenvalue weighted by Crippen LogP contribution is 2.32. The first-order valence-electron chi connectivity index (χ1n) is 7.86. The van der Waals surface area contributed by atoms with E-state index in [4.69, 9.17) is 11.6 Å². The molecule has 1 heterocycles. The van der Waals surface area contributed by atoms with E-state index in [2.05, 4.69) is 22.4 Å². The van der Waals surface area contributed by atoms with Crippen LogP contribution in [0.5, 0.6) is 0 Å². The van der Waals surface area contributed by atoms with Crippen molar-refractivity contribution in [2.75, 3.05) is 5.32 Å². The second kappa shape index (κ2) is 5.74. The molecule has 116 valence electrons. The summed E-state index contributed by atoms with van der Waals surface area (Å²) in [6.07, 6.45) is 2.54. The minimum Gasteiger partial charge on any atom is -0.358 e. The Morgan fingerprint density at radius 3 is 2.78 bits per heavy atom. The highest BCUT2D eigenvalue weighted by Gasteiger charge is 2.27. The SMILES string of the molecule is O=C(Nc1ccccc1Cl)C1CCc2[nH]c3ccccc3c2C1. The number of hydrogen-bond acceptors (Lipinski definition) is 1. The van der Waals surface area contributed by atoms with Crippen molar-refractivity contribution in [3.8, 4) is 0 Å². The first-order valence-corrected chi connectivity index (χ1v) is 8.24. The number of carbonyl (C=O) groups is 1. The van der Waals surface area contributed by atoms with E-state index in [1.54, 1.807) is 6.07 Å². The maximum atomic E-state index is 12.6. The Bertz CT molecular complexity index is 884. The molecule has 2 N–H and O–H groups in total. The Balaban J connectivity index is 1.58. The summed E-state index contributed by atoms with van der Waals surface area (Å²) in [6.45, 7) is 0. The van der Waals surface area contributed by atoms with Crippen LogP contribution >= 0.6 is 11.6 Å². The molecule has 1 aliphatic carbocycles. The van der Waals surface area contributed by atoms with E-state index < -0.39 is 0 Å². The Hall–Kier alpha value is -2.26. The zero-order chi connectivity index (χ0) is 15.8. The zero-order valence-electron chi connectivity index (χ0n) is 12.6.